The molecule has 9 nitrogen and oxygen atoms in total. The van der Waals surface area contributed by atoms with E-state index in [-0.39, 0.29) is 17.2 Å². The number of aromatic nitrogens is 5. The van der Waals surface area contributed by atoms with Gasteiger partial charge in [0.25, 0.3) is 5.56 Å². The number of oxazole rings is 1. The lowest BCUT2D eigenvalue weighted by atomic mass is 9.98. The molecule has 5 rings (SSSR count). The van der Waals surface area contributed by atoms with Crippen LogP contribution in [0.1, 0.15) is 57.2 Å². The molecule has 4 aromatic rings. The van der Waals surface area contributed by atoms with Crippen LogP contribution < -0.4 is 11.2 Å². The number of piperidine rings is 1. The maximum Gasteiger partial charge on any atom is 0.330 e. The molecule has 1 N–H and O–H groups in total. The lowest BCUT2D eigenvalue weighted by Gasteiger charge is -2.30. The number of hydrogen-bond acceptors (Lipinski definition) is 6. The van der Waals surface area contributed by atoms with Crippen molar-refractivity contribution in [3.8, 4) is 0 Å². The summed E-state index contributed by atoms with van der Waals surface area (Å²) in [6.07, 6.45) is 3.88. The van der Waals surface area contributed by atoms with E-state index in [2.05, 4.69) is 16.8 Å². The van der Waals surface area contributed by atoms with Crippen molar-refractivity contribution in [1.29, 1.82) is 0 Å². The highest BCUT2D eigenvalue weighted by Crippen LogP contribution is 2.29. The number of imidazole rings is 1. The Morgan fingerprint density at radius 1 is 1.15 bits per heavy atom. The van der Waals surface area contributed by atoms with Crippen molar-refractivity contribution >= 4 is 22.3 Å². The number of nitrogens with zero attached hydrogens (tertiary/aromatic N) is 5. The van der Waals surface area contributed by atoms with E-state index in [1.807, 2.05) is 35.8 Å². The lowest BCUT2D eigenvalue weighted by Crippen LogP contribution is -2.35. The molecule has 1 unspecified atom stereocenters. The Bertz CT molecular complexity index is 1360. The molecular weight excluding hydrogens is 420 g/mol. The van der Waals surface area contributed by atoms with Crippen LogP contribution >= 0.6 is 0 Å². The van der Waals surface area contributed by atoms with Crippen molar-refractivity contribution in [1.82, 2.24) is 29.0 Å². The van der Waals surface area contributed by atoms with Gasteiger partial charge in [-0.1, -0.05) is 25.5 Å². The van der Waals surface area contributed by atoms with Crippen LogP contribution in [0.15, 0.2) is 38.3 Å². The van der Waals surface area contributed by atoms with E-state index in [9.17, 15) is 9.59 Å². The van der Waals surface area contributed by atoms with Gasteiger partial charge in [-0.05, 0) is 44.9 Å². The van der Waals surface area contributed by atoms with Crippen LogP contribution in [-0.4, -0.2) is 42.1 Å². The van der Waals surface area contributed by atoms with Crippen LogP contribution in [0.5, 0.6) is 0 Å². The van der Waals surface area contributed by atoms with Gasteiger partial charge in [-0.3, -0.25) is 19.2 Å². The van der Waals surface area contributed by atoms with Crippen LogP contribution in [-0.2, 0) is 19.6 Å². The molecule has 0 aliphatic carbocycles. The fourth-order valence-corrected chi connectivity index (χ4v) is 4.87. The van der Waals surface area contributed by atoms with E-state index in [0.717, 1.165) is 61.6 Å². The molecule has 0 radical (unpaired) electrons. The normalized spacial score (nSPS) is 17.3. The average molecular weight is 451 g/mol. The fraction of sp³-hybridized carbons (Fsp3) is 0.500. The number of likely N-dealkylation sites (tertiary alicyclic amines) is 1. The van der Waals surface area contributed by atoms with Gasteiger partial charge in [-0.2, -0.15) is 0 Å². The van der Waals surface area contributed by atoms with Crippen LogP contribution in [0.2, 0.25) is 0 Å². The fourth-order valence-electron chi connectivity index (χ4n) is 4.87. The molecule has 1 aromatic carbocycles. The minimum atomic E-state index is -0.387. The zero-order valence-corrected chi connectivity index (χ0v) is 19.2. The summed E-state index contributed by atoms with van der Waals surface area (Å²) in [7, 11) is 0. The summed E-state index contributed by atoms with van der Waals surface area (Å²) in [5.74, 6) is 1.82. The minimum absolute atomic E-state index is 0.219. The SMILES string of the molecule is CCCCn1c(=O)[nH]c(=O)c2c1nc(CN1CCCC(c3nc4ccccc4o3)C1)n2CC. The number of para-hydroxylation sites is 2. The molecule has 33 heavy (non-hydrogen) atoms. The van der Waals surface area contributed by atoms with Crippen molar-refractivity contribution in [3.05, 3.63) is 56.8 Å². The first kappa shape index (κ1) is 21.6. The Labute approximate surface area is 191 Å². The highest BCUT2D eigenvalue weighted by atomic mass is 16.3. The van der Waals surface area contributed by atoms with Crippen LogP contribution in [0.25, 0.3) is 22.3 Å². The molecule has 9 heteroatoms. The van der Waals surface area contributed by atoms with Crippen LogP contribution in [0.4, 0.5) is 0 Å². The van der Waals surface area contributed by atoms with Gasteiger partial charge in [0.05, 0.1) is 6.54 Å². The Balaban J connectivity index is 1.45. The van der Waals surface area contributed by atoms with Gasteiger partial charge in [0.15, 0.2) is 22.6 Å². The molecule has 0 spiro atoms. The van der Waals surface area contributed by atoms with Crippen molar-refractivity contribution in [2.75, 3.05) is 13.1 Å². The summed E-state index contributed by atoms with van der Waals surface area (Å²) in [5.41, 5.74) is 1.93. The number of benzene rings is 1. The van der Waals surface area contributed by atoms with E-state index < -0.39 is 0 Å². The first-order valence-corrected chi connectivity index (χ1v) is 11.9. The molecule has 0 amide bonds. The van der Waals surface area contributed by atoms with Crippen LogP contribution in [0, 0.1) is 0 Å². The van der Waals surface area contributed by atoms with Gasteiger partial charge in [-0.15, -0.1) is 0 Å². The third-order valence-electron chi connectivity index (χ3n) is 6.55. The first-order valence-electron chi connectivity index (χ1n) is 11.9. The van der Waals surface area contributed by atoms with E-state index in [0.29, 0.717) is 30.8 Å². The number of rotatable bonds is 7. The molecule has 1 saturated heterocycles. The number of fused-ring (bicyclic) bond motifs is 2. The van der Waals surface area contributed by atoms with Crippen molar-refractivity contribution in [3.63, 3.8) is 0 Å². The van der Waals surface area contributed by atoms with E-state index in [1.54, 1.807) is 4.57 Å². The Hall–Kier alpha value is -3.20. The largest absolute Gasteiger partial charge is 0.440 e. The summed E-state index contributed by atoms with van der Waals surface area (Å²) in [6.45, 7) is 7.62. The number of aromatic amines is 1. The quantitative estimate of drug-likeness (QED) is 0.464. The molecule has 0 bridgehead atoms. The van der Waals surface area contributed by atoms with Gasteiger partial charge in [0.1, 0.15) is 11.3 Å². The highest BCUT2D eigenvalue weighted by Gasteiger charge is 2.27. The second kappa shape index (κ2) is 8.97. The maximum absolute atomic E-state index is 12.7. The van der Waals surface area contributed by atoms with Gasteiger partial charge >= 0.3 is 5.69 Å². The van der Waals surface area contributed by atoms with Crippen LogP contribution in [0.3, 0.4) is 0 Å². The molecule has 3 aromatic heterocycles. The molecular formula is C24H30N6O3. The molecule has 0 saturated carbocycles. The van der Waals surface area contributed by atoms with Gasteiger partial charge in [0.2, 0.25) is 0 Å². The Morgan fingerprint density at radius 2 is 2.00 bits per heavy atom. The molecule has 4 heterocycles. The topological polar surface area (TPSA) is 102 Å². The van der Waals surface area contributed by atoms with Gasteiger partial charge < -0.3 is 8.98 Å². The Morgan fingerprint density at radius 3 is 2.79 bits per heavy atom. The molecule has 1 aliphatic rings. The minimum Gasteiger partial charge on any atom is -0.440 e. The summed E-state index contributed by atoms with van der Waals surface area (Å²) in [6, 6.07) is 7.86. The van der Waals surface area contributed by atoms with E-state index >= 15 is 0 Å². The number of unbranched alkanes of at least 4 members (excludes halogenated alkanes) is 1. The smallest absolute Gasteiger partial charge is 0.330 e. The van der Waals surface area contributed by atoms with E-state index in [1.165, 1.54) is 0 Å². The number of aryl methyl sites for hydroxylation is 2. The molecule has 174 valence electrons. The lowest BCUT2D eigenvalue weighted by molar-refractivity contribution is 0.182. The predicted molar refractivity (Wildman–Crippen MR) is 126 cm³/mol. The predicted octanol–water partition coefficient (Wildman–Crippen LogP) is 3.23. The first-order chi connectivity index (χ1) is 16.1. The van der Waals surface area contributed by atoms with Crippen molar-refractivity contribution in [2.45, 2.75) is 65.1 Å². The molecule has 1 fully saturated rings. The maximum atomic E-state index is 12.7. The third-order valence-corrected chi connectivity index (χ3v) is 6.55. The number of hydrogen-bond donors (Lipinski definition) is 1. The molecule has 1 atom stereocenters. The van der Waals surface area contributed by atoms with Gasteiger partial charge in [0, 0.05) is 25.6 Å². The number of nitrogens with one attached hydrogen (secondary N) is 1. The summed E-state index contributed by atoms with van der Waals surface area (Å²) >= 11 is 0. The zero-order valence-electron chi connectivity index (χ0n) is 19.2. The summed E-state index contributed by atoms with van der Waals surface area (Å²) in [5, 5.41) is 0. The highest BCUT2D eigenvalue weighted by molar-refractivity contribution is 5.72. The number of H-pyrrole nitrogens is 1. The average Bonchev–Trinajstić information content (AvgIpc) is 3.41. The summed E-state index contributed by atoms with van der Waals surface area (Å²) in [4.78, 5) is 39.5. The second-order valence-electron chi connectivity index (χ2n) is 8.80. The monoisotopic (exact) mass is 450 g/mol. The summed E-state index contributed by atoms with van der Waals surface area (Å²) < 4.78 is 9.59. The van der Waals surface area contributed by atoms with Crippen molar-refractivity contribution < 1.29 is 4.42 Å². The standard InChI is InChI=1S/C24H30N6O3/c1-3-5-13-30-21-20(22(31)27-24(30)32)29(4-2)19(26-21)15-28-12-8-9-16(14-28)23-25-17-10-6-7-11-18(17)33-23/h6-7,10-11,16H,3-5,8-9,12-15H2,1-2H3,(H,27,31,32). The Kier molecular flexibility index (Phi) is 5.88. The zero-order chi connectivity index (χ0) is 22.9. The molecule has 1 aliphatic heterocycles. The third kappa shape index (κ3) is 4.01. The van der Waals surface area contributed by atoms with E-state index in [4.69, 9.17) is 14.4 Å². The van der Waals surface area contributed by atoms with Gasteiger partial charge in [-0.25, -0.2) is 14.8 Å². The second-order valence-corrected chi connectivity index (χ2v) is 8.80. The van der Waals surface area contributed by atoms with Crippen molar-refractivity contribution in [2.24, 2.45) is 0 Å².